The maximum atomic E-state index is 13.2. The van der Waals surface area contributed by atoms with Gasteiger partial charge in [0, 0.05) is 13.0 Å². The Labute approximate surface area is 224 Å². The number of nitrogens with one attached hydrogen (secondary N) is 3. The summed E-state index contributed by atoms with van der Waals surface area (Å²) in [6, 6.07) is 4.85. The molecule has 12 heteroatoms. The van der Waals surface area contributed by atoms with Crippen molar-refractivity contribution in [1.29, 1.82) is 0 Å². The van der Waals surface area contributed by atoms with E-state index >= 15 is 0 Å². The van der Waals surface area contributed by atoms with Crippen molar-refractivity contribution in [2.75, 3.05) is 6.54 Å². The van der Waals surface area contributed by atoms with Crippen molar-refractivity contribution >= 4 is 29.7 Å². The van der Waals surface area contributed by atoms with Gasteiger partial charge in [-0.1, -0.05) is 58.0 Å². The lowest BCUT2D eigenvalue weighted by molar-refractivity contribution is -0.142. The number of nitrogens with zero attached hydrogens (tertiary/aromatic N) is 1. The molecule has 212 valence electrons. The van der Waals surface area contributed by atoms with Gasteiger partial charge < -0.3 is 38.3 Å². The number of hydrogen-bond acceptors (Lipinski definition) is 6. The molecule has 12 nitrogen and oxygen atoms in total. The second-order valence-electron chi connectivity index (χ2n) is 10.1. The van der Waals surface area contributed by atoms with Gasteiger partial charge in [0.25, 0.3) is 0 Å². The third-order valence-electron chi connectivity index (χ3n) is 5.84. The summed E-state index contributed by atoms with van der Waals surface area (Å²) in [6.07, 6.45) is 0.859. The van der Waals surface area contributed by atoms with Crippen molar-refractivity contribution in [2.24, 2.45) is 34.0 Å². The summed E-state index contributed by atoms with van der Waals surface area (Å²) in [4.78, 5) is 54.8. The fourth-order valence-electron chi connectivity index (χ4n) is 3.64. The van der Waals surface area contributed by atoms with Gasteiger partial charge in [0.1, 0.15) is 18.1 Å². The molecule has 1 rings (SSSR count). The highest BCUT2D eigenvalue weighted by atomic mass is 16.4. The number of rotatable bonds is 16. The number of aliphatic carboxylic acids is 1. The van der Waals surface area contributed by atoms with Gasteiger partial charge in [-0.25, -0.2) is 4.79 Å². The molecule has 0 radical (unpaired) electrons. The van der Waals surface area contributed by atoms with Crippen molar-refractivity contribution in [3.8, 4) is 0 Å². The Bertz CT molecular complexity index is 949. The molecule has 10 N–H and O–H groups in total. The number of carbonyl (C=O) groups is 4. The van der Waals surface area contributed by atoms with Gasteiger partial charge in [0.2, 0.25) is 17.7 Å². The fraction of sp³-hybridized carbons (Fsp3) is 0.577. The minimum absolute atomic E-state index is 0.0535. The number of carbonyl (C=O) groups excluding carboxylic acids is 3. The van der Waals surface area contributed by atoms with Crippen LogP contribution < -0.4 is 33.2 Å². The highest BCUT2D eigenvalue weighted by Gasteiger charge is 2.31. The Balaban J connectivity index is 3.08. The summed E-state index contributed by atoms with van der Waals surface area (Å²) in [6.45, 7) is 7.61. The molecule has 3 amide bonds. The van der Waals surface area contributed by atoms with Crippen molar-refractivity contribution < 1.29 is 24.3 Å². The molecule has 0 saturated heterocycles. The van der Waals surface area contributed by atoms with Crippen LogP contribution in [0.25, 0.3) is 0 Å². The summed E-state index contributed by atoms with van der Waals surface area (Å²) in [5, 5.41) is 17.6. The monoisotopic (exact) mass is 533 g/mol. The van der Waals surface area contributed by atoms with Crippen molar-refractivity contribution in [2.45, 2.75) is 77.5 Å². The predicted octanol–water partition coefficient (Wildman–Crippen LogP) is -0.149. The molecule has 0 fully saturated rings. The van der Waals surface area contributed by atoms with Gasteiger partial charge in [0.15, 0.2) is 5.96 Å². The Morgan fingerprint density at radius 3 is 1.95 bits per heavy atom. The largest absolute Gasteiger partial charge is 0.480 e. The highest BCUT2D eigenvalue weighted by Crippen LogP contribution is 2.10. The Kier molecular flexibility index (Phi) is 13.8. The second kappa shape index (κ2) is 16.2. The molecule has 0 bridgehead atoms. The van der Waals surface area contributed by atoms with Crippen LogP contribution in [0.5, 0.6) is 0 Å². The quantitative estimate of drug-likeness (QED) is 0.0859. The van der Waals surface area contributed by atoms with E-state index in [2.05, 4.69) is 20.9 Å². The van der Waals surface area contributed by atoms with Gasteiger partial charge in [-0.3, -0.25) is 19.4 Å². The van der Waals surface area contributed by atoms with Gasteiger partial charge in [-0.05, 0) is 36.7 Å². The van der Waals surface area contributed by atoms with Crippen molar-refractivity contribution in [3.05, 3.63) is 35.9 Å². The van der Waals surface area contributed by atoms with Crippen LogP contribution in [0.4, 0.5) is 0 Å². The van der Waals surface area contributed by atoms with Crippen molar-refractivity contribution in [1.82, 2.24) is 16.0 Å². The van der Waals surface area contributed by atoms with E-state index in [4.69, 9.17) is 17.2 Å². The minimum atomic E-state index is -1.21. The lowest BCUT2D eigenvalue weighted by Gasteiger charge is -2.26. The van der Waals surface area contributed by atoms with Crippen LogP contribution in [-0.2, 0) is 25.6 Å². The van der Waals surface area contributed by atoms with E-state index in [0.717, 1.165) is 5.56 Å². The fourth-order valence-corrected chi connectivity index (χ4v) is 3.64. The van der Waals surface area contributed by atoms with Crippen LogP contribution in [0.2, 0.25) is 0 Å². The zero-order chi connectivity index (χ0) is 28.8. The van der Waals surface area contributed by atoms with E-state index in [1.165, 1.54) is 0 Å². The van der Waals surface area contributed by atoms with Crippen LogP contribution in [0, 0.1) is 11.8 Å². The predicted molar refractivity (Wildman–Crippen MR) is 146 cm³/mol. The summed E-state index contributed by atoms with van der Waals surface area (Å²) < 4.78 is 0. The van der Waals surface area contributed by atoms with Crippen molar-refractivity contribution in [3.63, 3.8) is 0 Å². The first kappa shape index (κ1) is 32.4. The summed E-state index contributed by atoms with van der Waals surface area (Å²) >= 11 is 0. The molecule has 0 spiro atoms. The first-order valence-corrected chi connectivity index (χ1v) is 12.8. The Morgan fingerprint density at radius 1 is 0.868 bits per heavy atom. The topological polar surface area (TPSA) is 215 Å². The molecule has 4 atom stereocenters. The standard InChI is InChI=1S/C26H43N7O5/c1-15(2)13-19(32-24(36)21(27)16(3)4)23(35)31-18(11-8-12-30-26(28)29)22(34)33-20(25(37)38)14-17-9-6-5-7-10-17/h5-7,9-10,15-16,18-21H,8,11-14,27H2,1-4H3,(H,31,35)(H,32,36)(H,33,34)(H,37,38)(H4,28,29,30). The van der Waals surface area contributed by atoms with Crippen LogP contribution >= 0.6 is 0 Å². The third-order valence-corrected chi connectivity index (χ3v) is 5.84. The van der Waals surface area contributed by atoms with Gasteiger partial charge in [-0.15, -0.1) is 0 Å². The molecule has 0 aliphatic rings. The average Bonchev–Trinajstić information content (AvgIpc) is 2.84. The van der Waals surface area contributed by atoms with E-state index in [1.54, 1.807) is 44.2 Å². The number of carboxylic acids is 1. The van der Waals surface area contributed by atoms with Crippen LogP contribution in [-0.4, -0.2) is 65.5 Å². The first-order valence-electron chi connectivity index (χ1n) is 12.8. The lowest BCUT2D eigenvalue weighted by atomic mass is 9.99. The van der Waals surface area contributed by atoms with E-state index in [-0.39, 0.29) is 37.2 Å². The number of benzene rings is 1. The summed E-state index contributed by atoms with van der Waals surface area (Å²) in [5.41, 5.74) is 17.4. The number of hydrogen-bond donors (Lipinski definition) is 7. The van der Waals surface area contributed by atoms with Gasteiger partial charge in [0.05, 0.1) is 6.04 Å². The maximum Gasteiger partial charge on any atom is 0.326 e. The van der Waals surface area contributed by atoms with Gasteiger partial charge in [-0.2, -0.15) is 0 Å². The maximum absolute atomic E-state index is 13.2. The number of aliphatic imine (C=N–C) groups is 1. The van der Waals surface area contributed by atoms with E-state index in [1.807, 2.05) is 13.8 Å². The zero-order valence-electron chi connectivity index (χ0n) is 22.6. The Morgan fingerprint density at radius 2 is 1.42 bits per heavy atom. The number of nitrogens with two attached hydrogens (primary N) is 3. The number of carboxylic acid groups (broad SMARTS) is 1. The van der Waals surface area contributed by atoms with Gasteiger partial charge >= 0.3 is 5.97 Å². The molecule has 1 aromatic rings. The van der Waals surface area contributed by atoms with Crippen LogP contribution in [0.3, 0.4) is 0 Å². The molecule has 38 heavy (non-hydrogen) atoms. The normalized spacial score (nSPS) is 14.2. The molecule has 0 aliphatic carbocycles. The molecule has 0 aromatic heterocycles. The zero-order valence-corrected chi connectivity index (χ0v) is 22.6. The van der Waals surface area contributed by atoms with E-state index in [9.17, 15) is 24.3 Å². The smallest absolute Gasteiger partial charge is 0.326 e. The second-order valence-corrected chi connectivity index (χ2v) is 10.1. The number of guanidine groups is 1. The first-order chi connectivity index (χ1) is 17.8. The lowest BCUT2D eigenvalue weighted by Crippen LogP contribution is -2.58. The van der Waals surface area contributed by atoms with E-state index < -0.39 is 47.9 Å². The molecular formula is C26H43N7O5. The molecule has 0 aliphatic heterocycles. The number of amides is 3. The summed E-state index contributed by atoms with van der Waals surface area (Å²) in [7, 11) is 0. The molecule has 1 aromatic carbocycles. The van der Waals surface area contributed by atoms with Crippen LogP contribution in [0.1, 0.15) is 52.5 Å². The highest BCUT2D eigenvalue weighted by molar-refractivity contribution is 5.94. The Hall–Kier alpha value is -3.67. The minimum Gasteiger partial charge on any atom is -0.480 e. The van der Waals surface area contributed by atoms with E-state index in [0.29, 0.717) is 12.8 Å². The SMILES string of the molecule is CC(C)CC(NC(=O)C(N)C(C)C)C(=O)NC(CCCN=C(N)N)C(=O)NC(Cc1ccccc1)C(=O)O. The van der Waals surface area contributed by atoms with Crippen LogP contribution in [0.15, 0.2) is 35.3 Å². The molecule has 4 unspecified atom stereocenters. The summed E-state index contributed by atoms with van der Waals surface area (Å²) in [5.74, 6) is -3.10. The third kappa shape index (κ3) is 12.0. The molecule has 0 saturated carbocycles. The average molecular weight is 534 g/mol. The molecule has 0 heterocycles. The molecular weight excluding hydrogens is 490 g/mol.